The molecule has 0 heterocycles. The minimum absolute atomic E-state index is 0.153. The zero-order valence-electron chi connectivity index (χ0n) is 20.0. The van der Waals surface area contributed by atoms with Crippen LogP contribution in [-0.4, -0.2) is 21.9 Å². The first-order valence-corrected chi connectivity index (χ1v) is 12.2. The van der Waals surface area contributed by atoms with Gasteiger partial charge in [-0.25, -0.2) is 0 Å². The van der Waals surface area contributed by atoms with Gasteiger partial charge in [0.25, 0.3) is 0 Å². The fraction of sp³-hybridized carbons (Fsp3) is 0.714. The molecule has 0 aromatic rings. The highest BCUT2D eigenvalue weighted by Gasteiger charge is 2.54. The molecular weight excluding hydrogens is 368 g/mol. The van der Waals surface area contributed by atoms with Crippen LogP contribution in [0.15, 0.2) is 47.6 Å². The van der Waals surface area contributed by atoms with Crippen molar-refractivity contribution in [3.63, 3.8) is 0 Å². The second kappa shape index (κ2) is 9.17. The summed E-state index contributed by atoms with van der Waals surface area (Å²) < 4.78 is 0. The molecular formula is C28H44O2. The number of aliphatic hydroxyl groups excluding tert-OH is 1. The third-order valence-corrected chi connectivity index (χ3v) is 8.65. The van der Waals surface area contributed by atoms with E-state index in [-0.39, 0.29) is 11.5 Å². The van der Waals surface area contributed by atoms with E-state index in [2.05, 4.69) is 58.6 Å². The maximum atomic E-state index is 11.5. The SMILES string of the molecule is C=C1CC[C@H](O)C/C1=C/C=C1\CCC[C@@]2(C)[C@H]1CC[C@@H]2[C@@](C)(O)/C=C/[C@H](C)C(C)C. The molecule has 0 bridgehead atoms. The first-order chi connectivity index (χ1) is 14.0. The molecule has 0 unspecified atom stereocenters. The Labute approximate surface area is 184 Å². The Morgan fingerprint density at radius 1 is 1.13 bits per heavy atom. The minimum atomic E-state index is -0.755. The highest BCUT2D eigenvalue weighted by atomic mass is 16.3. The van der Waals surface area contributed by atoms with Crippen molar-refractivity contribution >= 4 is 0 Å². The van der Waals surface area contributed by atoms with Gasteiger partial charge in [-0.2, -0.15) is 0 Å². The van der Waals surface area contributed by atoms with Gasteiger partial charge < -0.3 is 10.2 Å². The van der Waals surface area contributed by atoms with Crippen LogP contribution in [0, 0.1) is 29.1 Å². The summed E-state index contributed by atoms with van der Waals surface area (Å²) in [6.45, 7) is 15.4. The highest BCUT2D eigenvalue weighted by Crippen LogP contribution is 2.60. The number of allylic oxidation sites excluding steroid dienone is 5. The third kappa shape index (κ3) is 4.86. The molecule has 3 saturated carbocycles. The van der Waals surface area contributed by atoms with Gasteiger partial charge in [0.15, 0.2) is 0 Å². The lowest BCUT2D eigenvalue weighted by molar-refractivity contribution is -0.0241. The van der Waals surface area contributed by atoms with Crippen molar-refractivity contribution in [2.24, 2.45) is 29.1 Å². The van der Waals surface area contributed by atoms with Crippen LogP contribution >= 0.6 is 0 Å². The normalized spacial score (nSPS) is 38.4. The molecule has 2 nitrogen and oxygen atoms in total. The van der Waals surface area contributed by atoms with E-state index in [9.17, 15) is 10.2 Å². The third-order valence-electron chi connectivity index (χ3n) is 8.65. The van der Waals surface area contributed by atoms with Crippen LogP contribution in [0.5, 0.6) is 0 Å². The molecule has 2 heteroatoms. The lowest BCUT2D eigenvalue weighted by Gasteiger charge is -2.46. The summed E-state index contributed by atoms with van der Waals surface area (Å²) in [7, 11) is 0. The van der Waals surface area contributed by atoms with Gasteiger partial charge in [0.05, 0.1) is 11.7 Å². The number of fused-ring (bicyclic) bond motifs is 1. The van der Waals surface area contributed by atoms with Crippen LogP contribution < -0.4 is 0 Å². The van der Waals surface area contributed by atoms with Gasteiger partial charge in [-0.15, -0.1) is 0 Å². The van der Waals surface area contributed by atoms with Crippen LogP contribution in [-0.2, 0) is 0 Å². The summed E-state index contributed by atoms with van der Waals surface area (Å²) in [4.78, 5) is 0. The molecule has 0 amide bonds. The standard InChI is InChI=1S/C28H44O2/c1-19(2)20(3)15-17-28(6,30)26-14-13-25-22(8-7-16-27(25,26)5)10-11-23-18-24(29)12-9-21(23)4/h10-11,15,17,19-20,24-26,29-30H,4,7-9,12-14,16,18H2,1-3,5-6H3/b17-15+,22-10+,23-11-/t20-,24-,25-,26-,27-,28-/m0/s1. The van der Waals surface area contributed by atoms with E-state index >= 15 is 0 Å². The van der Waals surface area contributed by atoms with Crippen LogP contribution in [0.3, 0.4) is 0 Å². The van der Waals surface area contributed by atoms with Gasteiger partial charge in [-0.1, -0.05) is 69.7 Å². The lowest BCUT2D eigenvalue weighted by Crippen LogP contribution is -2.44. The number of hydrogen-bond acceptors (Lipinski definition) is 2. The van der Waals surface area contributed by atoms with Gasteiger partial charge in [-0.05, 0) is 93.0 Å². The largest absolute Gasteiger partial charge is 0.393 e. The van der Waals surface area contributed by atoms with Gasteiger partial charge in [0, 0.05) is 0 Å². The minimum Gasteiger partial charge on any atom is -0.393 e. The molecule has 2 N–H and O–H groups in total. The molecule has 30 heavy (non-hydrogen) atoms. The monoisotopic (exact) mass is 412 g/mol. The lowest BCUT2D eigenvalue weighted by atomic mass is 9.60. The fourth-order valence-corrected chi connectivity index (χ4v) is 6.28. The van der Waals surface area contributed by atoms with E-state index in [0.29, 0.717) is 23.7 Å². The Balaban J connectivity index is 1.80. The van der Waals surface area contributed by atoms with Crippen molar-refractivity contribution in [2.45, 2.75) is 97.7 Å². The predicted octanol–water partition coefficient (Wildman–Crippen LogP) is 6.76. The zero-order chi connectivity index (χ0) is 22.1. The summed E-state index contributed by atoms with van der Waals surface area (Å²) in [6.07, 6.45) is 17.0. The summed E-state index contributed by atoms with van der Waals surface area (Å²) in [5.74, 6) is 1.92. The summed E-state index contributed by atoms with van der Waals surface area (Å²) >= 11 is 0. The number of aliphatic hydroxyl groups is 2. The summed E-state index contributed by atoms with van der Waals surface area (Å²) in [5, 5.41) is 21.5. The highest BCUT2D eigenvalue weighted by molar-refractivity contribution is 5.36. The van der Waals surface area contributed by atoms with Crippen molar-refractivity contribution in [2.75, 3.05) is 0 Å². The molecule has 0 spiro atoms. The topological polar surface area (TPSA) is 40.5 Å². The maximum absolute atomic E-state index is 11.5. The van der Waals surface area contributed by atoms with Crippen molar-refractivity contribution in [1.29, 1.82) is 0 Å². The van der Waals surface area contributed by atoms with Gasteiger partial charge in [-0.3, -0.25) is 0 Å². The Morgan fingerprint density at radius 3 is 2.57 bits per heavy atom. The molecule has 0 saturated heterocycles. The van der Waals surface area contributed by atoms with E-state index < -0.39 is 5.60 Å². The van der Waals surface area contributed by atoms with Crippen LogP contribution in [0.1, 0.15) is 86.0 Å². The molecule has 3 aliphatic rings. The Bertz CT molecular complexity index is 723. The average Bonchev–Trinajstić information content (AvgIpc) is 3.05. The Kier molecular flexibility index (Phi) is 7.19. The Hall–Kier alpha value is -1.12. The predicted molar refractivity (Wildman–Crippen MR) is 127 cm³/mol. The summed E-state index contributed by atoms with van der Waals surface area (Å²) in [5.41, 5.74) is 3.35. The maximum Gasteiger partial charge on any atom is 0.0833 e. The summed E-state index contributed by atoms with van der Waals surface area (Å²) in [6, 6.07) is 0. The van der Waals surface area contributed by atoms with E-state index in [1.54, 1.807) is 5.57 Å². The Morgan fingerprint density at radius 2 is 1.87 bits per heavy atom. The first-order valence-electron chi connectivity index (χ1n) is 12.2. The number of rotatable bonds is 5. The van der Waals surface area contributed by atoms with Crippen LogP contribution in [0.2, 0.25) is 0 Å². The van der Waals surface area contributed by atoms with Gasteiger partial charge in [0.1, 0.15) is 0 Å². The molecule has 3 fully saturated rings. The van der Waals surface area contributed by atoms with Crippen molar-refractivity contribution in [3.8, 4) is 0 Å². The van der Waals surface area contributed by atoms with E-state index in [1.165, 1.54) is 30.4 Å². The molecule has 6 atom stereocenters. The van der Waals surface area contributed by atoms with E-state index in [4.69, 9.17) is 0 Å². The second-order valence-electron chi connectivity index (χ2n) is 11.2. The fourth-order valence-electron chi connectivity index (χ4n) is 6.28. The first kappa shape index (κ1) is 23.5. The van der Waals surface area contributed by atoms with Crippen LogP contribution in [0.4, 0.5) is 0 Å². The second-order valence-corrected chi connectivity index (χ2v) is 11.2. The van der Waals surface area contributed by atoms with E-state index in [0.717, 1.165) is 32.1 Å². The molecule has 0 aromatic carbocycles. The molecule has 0 aliphatic heterocycles. The average molecular weight is 413 g/mol. The van der Waals surface area contributed by atoms with Crippen molar-refractivity contribution < 1.29 is 10.2 Å². The molecule has 0 radical (unpaired) electrons. The molecule has 3 aliphatic carbocycles. The van der Waals surface area contributed by atoms with Crippen LogP contribution in [0.25, 0.3) is 0 Å². The smallest absolute Gasteiger partial charge is 0.0833 e. The molecule has 0 aromatic heterocycles. The van der Waals surface area contributed by atoms with Crippen molar-refractivity contribution in [1.82, 2.24) is 0 Å². The van der Waals surface area contributed by atoms with Gasteiger partial charge in [0.2, 0.25) is 0 Å². The molecule has 168 valence electrons. The van der Waals surface area contributed by atoms with E-state index in [1.807, 2.05) is 6.92 Å². The quantitative estimate of drug-likeness (QED) is 0.490. The zero-order valence-corrected chi connectivity index (χ0v) is 20.0. The van der Waals surface area contributed by atoms with Gasteiger partial charge >= 0.3 is 0 Å². The van der Waals surface area contributed by atoms with Crippen molar-refractivity contribution in [3.05, 3.63) is 47.6 Å². The molecule has 3 rings (SSSR count). The number of hydrogen-bond donors (Lipinski definition) is 2.